The molecule has 0 bridgehead atoms. The molecule has 0 spiro atoms. The van der Waals surface area contributed by atoms with E-state index in [1.165, 1.54) is 4.52 Å². The molecule has 2 heterocycles. The minimum atomic E-state index is -0.211. The zero-order chi connectivity index (χ0) is 13.1. The van der Waals surface area contributed by atoms with E-state index in [-0.39, 0.29) is 18.6 Å². The molecule has 6 nitrogen and oxygen atoms in total. The minimum Gasteiger partial charge on any atom is -0.391 e. The summed E-state index contributed by atoms with van der Waals surface area (Å²) in [6, 6.07) is 1.72. The second-order valence-corrected chi connectivity index (χ2v) is 4.19. The molecule has 0 aliphatic carbocycles. The normalized spacial score (nSPS) is 12.6. The van der Waals surface area contributed by atoms with Crippen molar-refractivity contribution >= 4 is 11.6 Å². The van der Waals surface area contributed by atoms with Crippen LogP contribution in [0.4, 0.5) is 0 Å². The van der Waals surface area contributed by atoms with Crippen LogP contribution in [0.1, 0.15) is 36.3 Å². The molecule has 1 atom stereocenters. The number of aliphatic hydroxyl groups is 1. The van der Waals surface area contributed by atoms with E-state index in [2.05, 4.69) is 15.4 Å². The molecule has 0 aromatic carbocycles. The summed E-state index contributed by atoms with van der Waals surface area (Å²) in [4.78, 5) is 16.1. The Kier molecular flexibility index (Phi) is 3.57. The van der Waals surface area contributed by atoms with Gasteiger partial charge in [0.2, 0.25) is 0 Å². The highest BCUT2D eigenvalue weighted by molar-refractivity contribution is 5.92. The zero-order valence-electron chi connectivity index (χ0n) is 10.4. The first-order valence-electron chi connectivity index (χ1n) is 5.90. The number of aliphatic hydroxyl groups excluding tert-OH is 1. The van der Waals surface area contributed by atoms with Gasteiger partial charge in [0.05, 0.1) is 12.8 Å². The van der Waals surface area contributed by atoms with Crippen LogP contribution in [0.2, 0.25) is 0 Å². The van der Waals surface area contributed by atoms with Gasteiger partial charge in [0.25, 0.3) is 5.91 Å². The number of hydrogen-bond donors (Lipinski definition) is 2. The van der Waals surface area contributed by atoms with Gasteiger partial charge in [-0.2, -0.15) is 5.10 Å². The number of rotatable bonds is 4. The first kappa shape index (κ1) is 12.5. The Labute approximate surface area is 105 Å². The molecule has 96 valence electrons. The van der Waals surface area contributed by atoms with Crippen molar-refractivity contribution < 1.29 is 9.90 Å². The summed E-state index contributed by atoms with van der Waals surface area (Å²) in [6.07, 6.45) is 4.06. The SMILES string of the molecule is CCC(C)NC(=O)c1ccn2ncc(CO)c2n1. The van der Waals surface area contributed by atoms with Crippen molar-refractivity contribution in [2.24, 2.45) is 0 Å². The monoisotopic (exact) mass is 248 g/mol. The third kappa shape index (κ3) is 2.33. The van der Waals surface area contributed by atoms with E-state index in [1.807, 2.05) is 13.8 Å². The Hall–Kier alpha value is -1.95. The highest BCUT2D eigenvalue weighted by Gasteiger charge is 2.12. The molecule has 0 saturated carbocycles. The molecule has 0 saturated heterocycles. The van der Waals surface area contributed by atoms with E-state index in [0.29, 0.717) is 16.9 Å². The number of nitrogens with zero attached hydrogens (tertiary/aromatic N) is 3. The molecule has 0 aliphatic heterocycles. The van der Waals surface area contributed by atoms with Gasteiger partial charge in [-0.25, -0.2) is 9.50 Å². The summed E-state index contributed by atoms with van der Waals surface area (Å²) in [5.41, 5.74) is 1.44. The van der Waals surface area contributed by atoms with Crippen LogP contribution in [-0.2, 0) is 6.61 Å². The topological polar surface area (TPSA) is 79.5 Å². The van der Waals surface area contributed by atoms with Crippen molar-refractivity contribution in [1.29, 1.82) is 0 Å². The van der Waals surface area contributed by atoms with E-state index in [0.717, 1.165) is 6.42 Å². The molecule has 0 radical (unpaired) electrons. The Morgan fingerprint density at radius 1 is 1.61 bits per heavy atom. The van der Waals surface area contributed by atoms with Crippen LogP contribution < -0.4 is 5.32 Å². The van der Waals surface area contributed by atoms with Gasteiger partial charge in [-0.1, -0.05) is 6.92 Å². The van der Waals surface area contributed by atoms with Gasteiger partial charge in [0.1, 0.15) is 5.69 Å². The maximum Gasteiger partial charge on any atom is 0.270 e. The van der Waals surface area contributed by atoms with Crippen molar-refractivity contribution in [1.82, 2.24) is 19.9 Å². The molecule has 1 unspecified atom stereocenters. The average Bonchev–Trinajstić information content (AvgIpc) is 2.80. The Bertz CT molecular complexity index is 564. The summed E-state index contributed by atoms with van der Waals surface area (Å²) >= 11 is 0. The molecular weight excluding hydrogens is 232 g/mol. The van der Waals surface area contributed by atoms with Gasteiger partial charge in [-0.15, -0.1) is 0 Å². The van der Waals surface area contributed by atoms with Crippen molar-refractivity contribution in [3.8, 4) is 0 Å². The van der Waals surface area contributed by atoms with E-state index < -0.39 is 0 Å². The van der Waals surface area contributed by atoms with Crippen LogP contribution in [-0.4, -0.2) is 31.7 Å². The van der Waals surface area contributed by atoms with Gasteiger partial charge in [-0.05, 0) is 19.4 Å². The predicted octanol–water partition coefficient (Wildman–Crippen LogP) is 0.750. The molecule has 18 heavy (non-hydrogen) atoms. The number of carbonyl (C=O) groups is 1. The fourth-order valence-corrected chi connectivity index (χ4v) is 1.55. The molecular formula is C12H16N4O2. The fraction of sp³-hybridized carbons (Fsp3) is 0.417. The summed E-state index contributed by atoms with van der Waals surface area (Å²) in [6.45, 7) is 3.80. The van der Waals surface area contributed by atoms with Crippen molar-refractivity contribution in [2.45, 2.75) is 32.9 Å². The number of aromatic nitrogens is 3. The molecule has 0 aliphatic rings. The number of hydrogen-bond acceptors (Lipinski definition) is 4. The number of nitrogens with one attached hydrogen (secondary N) is 1. The van der Waals surface area contributed by atoms with Gasteiger partial charge in [0.15, 0.2) is 5.65 Å². The van der Waals surface area contributed by atoms with Gasteiger partial charge < -0.3 is 10.4 Å². The Morgan fingerprint density at radius 3 is 3.06 bits per heavy atom. The predicted molar refractivity (Wildman–Crippen MR) is 66.1 cm³/mol. The van der Waals surface area contributed by atoms with Crippen LogP contribution in [0.25, 0.3) is 5.65 Å². The van der Waals surface area contributed by atoms with Crippen molar-refractivity contribution in [3.63, 3.8) is 0 Å². The largest absolute Gasteiger partial charge is 0.391 e. The lowest BCUT2D eigenvalue weighted by Gasteiger charge is -2.10. The van der Waals surface area contributed by atoms with Gasteiger partial charge in [0, 0.05) is 17.8 Å². The quantitative estimate of drug-likeness (QED) is 0.836. The average molecular weight is 248 g/mol. The molecule has 0 fully saturated rings. The highest BCUT2D eigenvalue weighted by atomic mass is 16.3. The van der Waals surface area contributed by atoms with Crippen LogP contribution in [0.15, 0.2) is 18.5 Å². The van der Waals surface area contributed by atoms with Gasteiger partial charge in [-0.3, -0.25) is 4.79 Å². The molecule has 2 aromatic rings. The second-order valence-electron chi connectivity index (χ2n) is 4.19. The highest BCUT2D eigenvalue weighted by Crippen LogP contribution is 2.08. The first-order chi connectivity index (χ1) is 8.65. The number of amides is 1. The van der Waals surface area contributed by atoms with Crippen molar-refractivity contribution in [3.05, 3.63) is 29.7 Å². The number of fused-ring (bicyclic) bond motifs is 1. The summed E-state index contributed by atoms with van der Waals surface area (Å²) < 4.78 is 1.53. The van der Waals surface area contributed by atoms with Crippen molar-refractivity contribution in [2.75, 3.05) is 0 Å². The number of carbonyl (C=O) groups excluding carboxylic acids is 1. The lowest BCUT2D eigenvalue weighted by atomic mass is 10.2. The standard InChI is InChI=1S/C12H16N4O2/c1-3-8(2)14-12(18)10-4-5-16-11(15-10)9(7-17)6-13-16/h4-6,8,17H,3,7H2,1-2H3,(H,14,18). The van der Waals surface area contributed by atoms with Gasteiger partial charge >= 0.3 is 0 Å². The van der Waals surface area contributed by atoms with E-state index in [1.54, 1.807) is 18.5 Å². The summed E-state index contributed by atoms with van der Waals surface area (Å²) in [7, 11) is 0. The zero-order valence-corrected chi connectivity index (χ0v) is 10.4. The summed E-state index contributed by atoms with van der Waals surface area (Å²) in [5.74, 6) is -0.211. The third-order valence-electron chi connectivity index (χ3n) is 2.84. The smallest absolute Gasteiger partial charge is 0.270 e. The molecule has 2 aromatic heterocycles. The Balaban J connectivity index is 2.31. The summed E-state index contributed by atoms with van der Waals surface area (Å²) in [5, 5.41) is 16.0. The molecule has 1 amide bonds. The van der Waals surface area contributed by atoms with Crippen LogP contribution in [0, 0.1) is 0 Å². The maximum atomic E-state index is 11.9. The van der Waals surface area contributed by atoms with E-state index in [9.17, 15) is 4.79 Å². The lowest BCUT2D eigenvalue weighted by Crippen LogP contribution is -2.32. The molecule has 2 rings (SSSR count). The maximum absolute atomic E-state index is 11.9. The van der Waals surface area contributed by atoms with Crippen LogP contribution in [0.3, 0.4) is 0 Å². The first-order valence-corrected chi connectivity index (χ1v) is 5.90. The molecule has 6 heteroatoms. The van der Waals surface area contributed by atoms with E-state index >= 15 is 0 Å². The third-order valence-corrected chi connectivity index (χ3v) is 2.84. The Morgan fingerprint density at radius 2 is 2.39 bits per heavy atom. The van der Waals surface area contributed by atoms with E-state index in [4.69, 9.17) is 5.11 Å². The van der Waals surface area contributed by atoms with Crippen LogP contribution in [0.5, 0.6) is 0 Å². The minimum absolute atomic E-state index is 0.109. The molecule has 2 N–H and O–H groups in total. The van der Waals surface area contributed by atoms with Crippen LogP contribution >= 0.6 is 0 Å². The fourth-order valence-electron chi connectivity index (χ4n) is 1.55. The lowest BCUT2D eigenvalue weighted by molar-refractivity contribution is 0.0934. The second kappa shape index (κ2) is 5.14.